The van der Waals surface area contributed by atoms with E-state index in [2.05, 4.69) is 49.8 Å². The predicted octanol–water partition coefficient (Wildman–Crippen LogP) is 3.15. The second-order valence-electron chi connectivity index (χ2n) is 7.77. The monoisotopic (exact) mass is 352 g/mol. The molecule has 0 amide bonds. The van der Waals surface area contributed by atoms with E-state index < -0.39 is 0 Å². The van der Waals surface area contributed by atoms with Crippen LogP contribution in [0.3, 0.4) is 0 Å². The summed E-state index contributed by atoms with van der Waals surface area (Å²) in [6, 6.07) is 5.04. The molecule has 1 aromatic heterocycles. The molecule has 1 aromatic rings. The van der Waals surface area contributed by atoms with Crippen LogP contribution in [0.25, 0.3) is 0 Å². The predicted molar refractivity (Wildman–Crippen MR) is 99.8 cm³/mol. The first-order valence-electron chi connectivity index (χ1n) is 9.19. The Bertz CT molecular complexity index is 533. The van der Waals surface area contributed by atoms with Gasteiger partial charge in [-0.05, 0) is 52.8 Å². The van der Waals surface area contributed by atoms with Crippen LogP contribution >= 0.6 is 11.3 Å². The lowest BCUT2D eigenvalue weighted by Gasteiger charge is -2.33. The van der Waals surface area contributed by atoms with E-state index in [0.717, 1.165) is 52.2 Å². The largest absolute Gasteiger partial charge is 0.377 e. The summed E-state index contributed by atoms with van der Waals surface area (Å²) in [7, 11) is 2.19. The van der Waals surface area contributed by atoms with Crippen molar-refractivity contribution < 1.29 is 9.47 Å². The highest BCUT2D eigenvalue weighted by atomic mass is 32.1. The van der Waals surface area contributed by atoms with Gasteiger partial charge in [0.25, 0.3) is 0 Å². The number of hydrogen-bond donors (Lipinski definition) is 0. The van der Waals surface area contributed by atoms with Crippen molar-refractivity contribution in [2.45, 2.75) is 57.9 Å². The van der Waals surface area contributed by atoms with Gasteiger partial charge in [0.2, 0.25) is 0 Å². The molecule has 5 heteroatoms. The zero-order valence-electron chi connectivity index (χ0n) is 15.6. The number of nitrogens with zero attached hydrogens (tertiary/aromatic N) is 2. The first-order chi connectivity index (χ1) is 11.5. The average Bonchev–Trinajstić information content (AvgIpc) is 3.04. The van der Waals surface area contributed by atoms with Crippen LogP contribution in [-0.4, -0.2) is 67.4 Å². The molecule has 2 saturated heterocycles. The number of hydrogen-bond acceptors (Lipinski definition) is 5. The summed E-state index contributed by atoms with van der Waals surface area (Å²) < 4.78 is 12.5. The van der Waals surface area contributed by atoms with Gasteiger partial charge in [-0.2, -0.15) is 0 Å². The van der Waals surface area contributed by atoms with Gasteiger partial charge in [0, 0.05) is 42.0 Å². The number of aryl methyl sites for hydroxylation is 1. The minimum absolute atomic E-state index is 0.106. The van der Waals surface area contributed by atoms with Crippen molar-refractivity contribution in [1.82, 2.24) is 9.80 Å². The van der Waals surface area contributed by atoms with Crippen molar-refractivity contribution >= 4 is 11.3 Å². The number of ether oxygens (including phenoxy) is 2. The first-order valence-corrected chi connectivity index (χ1v) is 10.0. The lowest BCUT2D eigenvalue weighted by atomic mass is 10.00. The highest BCUT2D eigenvalue weighted by Crippen LogP contribution is 2.34. The summed E-state index contributed by atoms with van der Waals surface area (Å²) in [5.41, 5.74) is -0.106. The van der Waals surface area contributed by atoms with Crippen LogP contribution in [0.2, 0.25) is 0 Å². The fraction of sp³-hybridized carbons (Fsp3) is 0.789. The van der Waals surface area contributed by atoms with Crippen LogP contribution < -0.4 is 0 Å². The molecule has 2 aliphatic rings. The van der Waals surface area contributed by atoms with Gasteiger partial charge in [-0.1, -0.05) is 0 Å². The number of likely N-dealkylation sites (N-methyl/N-ethyl adjacent to an activating group) is 1. The summed E-state index contributed by atoms with van der Waals surface area (Å²) >= 11 is 1.90. The van der Waals surface area contributed by atoms with Crippen molar-refractivity contribution in [3.8, 4) is 0 Å². The highest BCUT2D eigenvalue weighted by molar-refractivity contribution is 7.11. The Morgan fingerprint density at radius 2 is 2.25 bits per heavy atom. The number of thiophene rings is 1. The minimum Gasteiger partial charge on any atom is -0.377 e. The van der Waals surface area contributed by atoms with Crippen LogP contribution in [-0.2, 0) is 16.0 Å². The third kappa shape index (κ3) is 4.58. The molecule has 3 heterocycles. The standard InChI is InChI=1S/C19H32N2O2S/c1-15(2)20(4)11-17-7-8-19(23-17)13-21(9-10-22-14-19)12-18-6-5-16(3)24-18/h5-6,15,17H,7-14H2,1-4H3/t17-,19-/m0/s1. The summed E-state index contributed by atoms with van der Waals surface area (Å²) in [4.78, 5) is 7.73. The molecule has 0 unspecified atom stereocenters. The molecule has 3 rings (SSSR count). The zero-order chi connectivity index (χ0) is 17.2. The molecule has 2 atom stereocenters. The van der Waals surface area contributed by atoms with Crippen molar-refractivity contribution in [1.29, 1.82) is 0 Å². The van der Waals surface area contributed by atoms with Crippen LogP contribution in [0, 0.1) is 6.92 Å². The Kier molecular flexibility index (Phi) is 5.98. The highest BCUT2D eigenvalue weighted by Gasteiger charge is 2.43. The van der Waals surface area contributed by atoms with E-state index in [-0.39, 0.29) is 5.60 Å². The Hall–Kier alpha value is -0.460. The van der Waals surface area contributed by atoms with Crippen LogP contribution in [0.15, 0.2) is 12.1 Å². The SMILES string of the molecule is Cc1ccc(CN2CCOC[C@]3(CC[C@@H](CN(C)C(C)C)O3)C2)s1. The third-order valence-corrected chi connectivity index (χ3v) is 6.30. The summed E-state index contributed by atoms with van der Waals surface area (Å²) in [5, 5.41) is 0. The Balaban J connectivity index is 1.60. The molecule has 2 fully saturated rings. The van der Waals surface area contributed by atoms with E-state index in [9.17, 15) is 0 Å². The smallest absolute Gasteiger partial charge is 0.105 e. The second kappa shape index (κ2) is 7.83. The fourth-order valence-corrected chi connectivity index (χ4v) is 4.62. The van der Waals surface area contributed by atoms with E-state index in [1.807, 2.05) is 11.3 Å². The van der Waals surface area contributed by atoms with Crippen molar-refractivity contribution in [3.63, 3.8) is 0 Å². The van der Waals surface area contributed by atoms with Crippen LogP contribution in [0.5, 0.6) is 0 Å². The normalized spacial score (nSPS) is 29.0. The lowest BCUT2D eigenvalue weighted by molar-refractivity contribution is -0.0924. The zero-order valence-corrected chi connectivity index (χ0v) is 16.4. The first kappa shape index (κ1) is 18.3. The van der Waals surface area contributed by atoms with Gasteiger partial charge < -0.3 is 14.4 Å². The van der Waals surface area contributed by atoms with E-state index in [1.54, 1.807) is 0 Å². The van der Waals surface area contributed by atoms with E-state index in [0.29, 0.717) is 12.1 Å². The maximum atomic E-state index is 6.56. The topological polar surface area (TPSA) is 24.9 Å². The van der Waals surface area contributed by atoms with E-state index in [1.165, 1.54) is 9.75 Å². The van der Waals surface area contributed by atoms with Crippen molar-refractivity contribution in [2.75, 3.05) is 39.9 Å². The molecular formula is C19H32N2O2S. The van der Waals surface area contributed by atoms with Gasteiger partial charge in [-0.25, -0.2) is 0 Å². The Labute approximate surface area is 150 Å². The van der Waals surface area contributed by atoms with Crippen LogP contribution in [0.4, 0.5) is 0 Å². The van der Waals surface area contributed by atoms with Gasteiger partial charge in [-0.15, -0.1) is 11.3 Å². The molecule has 0 bridgehead atoms. The molecule has 0 saturated carbocycles. The molecule has 1 spiro atoms. The average molecular weight is 353 g/mol. The quantitative estimate of drug-likeness (QED) is 0.813. The summed E-state index contributed by atoms with van der Waals surface area (Å²) in [5.74, 6) is 0. The summed E-state index contributed by atoms with van der Waals surface area (Å²) in [6.07, 6.45) is 2.60. The van der Waals surface area contributed by atoms with Gasteiger partial charge in [-0.3, -0.25) is 4.90 Å². The maximum absolute atomic E-state index is 6.56. The molecule has 0 aliphatic carbocycles. The molecule has 0 N–H and O–H groups in total. The van der Waals surface area contributed by atoms with E-state index >= 15 is 0 Å². The van der Waals surface area contributed by atoms with Gasteiger partial charge in [0.15, 0.2) is 0 Å². The Morgan fingerprint density at radius 1 is 1.42 bits per heavy atom. The molecule has 136 valence electrons. The number of rotatable bonds is 5. The molecular weight excluding hydrogens is 320 g/mol. The van der Waals surface area contributed by atoms with Gasteiger partial charge >= 0.3 is 0 Å². The van der Waals surface area contributed by atoms with Gasteiger partial charge in [0.05, 0.1) is 19.3 Å². The second-order valence-corrected chi connectivity index (χ2v) is 9.14. The summed E-state index contributed by atoms with van der Waals surface area (Å²) in [6.45, 7) is 12.2. The van der Waals surface area contributed by atoms with Crippen molar-refractivity contribution in [2.24, 2.45) is 0 Å². The minimum atomic E-state index is -0.106. The molecule has 24 heavy (non-hydrogen) atoms. The van der Waals surface area contributed by atoms with Crippen molar-refractivity contribution in [3.05, 3.63) is 21.9 Å². The van der Waals surface area contributed by atoms with Crippen LogP contribution in [0.1, 0.15) is 36.4 Å². The molecule has 0 radical (unpaired) electrons. The third-order valence-electron chi connectivity index (χ3n) is 5.32. The van der Waals surface area contributed by atoms with E-state index in [4.69, 9.17) is 9.47 Å². The Morgan fingerprint density at radius 3 is 2.96 bits per heavy atom. The molecule has 0 aromatic carbocycles. The van der Waals surface area contributed by atoms with Gasteiger partial charge in [0.1, 0.15) is 5.60 Å². The maximum Gasteiger partial charge on any atom is 0.105 e. The lowest BCUT2D eigenvalue weighted by Crippen LogP contribution is -2.45. The fourth-order valence-electron chi connectivity index (χ4n) is 3.69. The molecule has 4 nitrogen and oxygen atoms in total. The molecule has 2 aliphatic heterocycles.